The molecule has 0 amide bonds. The highest BCUT2D eigenvalue weighted by Gasteiger charge is 2.19. The van der Waals surface area contributed by atoms with E-state index in [9.17, 15) is 0 Å². The van der Waals surface area contributed by atoms with Gasteiger partial charge in [0.05, 0.1) is 5.69 Å². The van der Waals surface area contributed by atoms with Gasteiger partial charge in [-0.3, -0.25) is 0 Å². The van der Waals surface area contributed by atoms with Gasteiger partial charge in [0.25, 0.3) is 0 Å². The number of thiol groups is 1. The molecule has 5 aromatic carbocycles. The van der Waals surface area contributed by atoms with Gasteiger partial charge in [0.15, 0.2) is 0 Å². The Morgan fingerprint density at radius 2 is 1.19 bits per heavy atom. The van der Waals surface area contributed by atoms with Gasteiger partial charge in [-0.05, 0) is 33.4 Å². The van der Waals surface area contributed by atoms with Crippen LogP contribution in [0.4, 0.5) is 11.4 Å². The zero-order valence-corrected chi connectivity index (χ0v) is 19.2. The highest BCUT2D eigenvalue weighted by molar-refractivity contribution is 7.81. The Hall–Kier alpha value is -3.43. The number of rotatable bonds is 4. The van der Waals surface area contributed by atoms with E-state index in [-0.39, 0.29) is 0 Å². The molecule has 3 heteroatoms. The average molecular weight is 435 g/mol. The molecule has 0 aliphatic rings. The molecule has 0 fully saturated rings. The fourth-order valence-electron chi connectivity index (χ4n) is 4.80. The fourth-order valence-corrected chi connectivity index (χ4v) is 5.04. The van der Waals surface area contributed by atoms with Crippen LogP contribution in [0, 0.1) is 0 Å². The van der Waals surface area contributed by atoms with E-state index in [4.69, 9.17) is 5.73 Å². The first kappa shape index (κ1) is 20.5. The molecule has 0 aliphatic heterocycles. The molecule has 0 aromatic heterocycles. The first-order chi connectivity index (χ1) is 15.6. The Morgan fingerprint density at radius 3 is 1.84 bits per heavy atom. The Bertz CT molecular complexity index is 1450. The van der Waals surface area contributed by atoms with Crippen LogP contribution in [0.25, 0.3) is 43.8 Å². The van der Waals surface area contributed by atoms with E-state index in [1.165, 1.54) is 22.1 Å². The maximum atomic E-state index is 6.71. The van der Waals surface area contributed by atoms with Crippen molar-refractivity contribution in [3.8, 4) is 22.3 Å². The van der Waals surface area contributed by atoms with Crippen LogP contribution in [0.5, 0.6) is 0 Å². The molecule has 0 spiro atoms. The van der Waals surface area contributed by atoms with Gasteiger partial charge in [0, 0.05) is 27.6 Å². The number of hydrogen-bond donors (Lipinski definition) is 3. The molecule has 0 atom stereocenters. The number of nitrogen functional groups attached to an aromatic ring is 1. The van der Waals surface area contributed by atoms with Gasteiger partial charge >= 0.3 is 0 Å². The summed E-state index contributed by atoms with van der Waals surface area (Å²) in [6, 6.07) is 31.9. The van der Waals surface area contributed by atoms with Crippen LogP contribution in [0.15, 0.2) is 91.0 Å². The van der Waals surface area contributed by atoms with Crippen LogP contribution in [-0.4, -0.2) is 0 Å². The van der Waals surface area contributed by atoms with Crippen molar-refractivity contribution in [1.82, 2.24) is 0 Å². The molecule has 0 aliphatic carbocycles. The summed E-state index contributed by atoms with van der Waals surface area (Å²) in [5.41, 5.74) is 14.5. The highest BCUT2D eigenvalue weighted by atomic mass is 32.1. The van der Waals surface area contributed by atoms with Crippen molar-refractivity contribution >= 4 is 45.7 Å². The topological polar surface area (TPSA) is 38.0 Å². The van der Waals surface area contributed by atoms with Gasteiger partial charge in [-0.2, -0.15) is 0 Å². The van der Waals surface area contributed by atoms with Gasteiger partial charge in [0.1, 0.15) is 0 Å². The van der Waals surface area contributed by atoms with Crippen LogP contribution >= 0.6 is 12.8 Å². The monoisotopic (exact) mass is 434 g/mol. The molecule has 0 bridgehead atoms. The second kappa shape index (κ2) is 8.25. The van der Waals surface area contributed by atoms with E-state index in [1.807, 2.05) is 12.1 Å². The van der Waals surface area contributed by atoms with E-state index in [2.05, 4.69) is 110 Å². The van der Waals surface area contributed by atoms with Gasteiger partial charge in [-0.25, -0.2) is 0 Å². The molecule has 0 heterocycles. The van der Waals surface area contributed by atoms with Crippen molar-refractivity contribution in [2.24, 2.45) is 0 Å². The van der Waals surface area contributed by atoms with E-state index in [1.54, 1.807) is 0 Å². The molecule has 5 rings (SSSR count). The minimum absolute atomic E-state index is 0.311. The standard InChI is InChI=1S/C29H26N2S/c1-18(2)27-23(25-16-14-19-8-3-5-10-21(19)28(25)30)12-7-13-24(27)26-17-15-20-9-4-6-11-22(20)29(26)31-32/h3-18,31-32H,30H2,1-2H3. The Balaban J connectivity index is 1.80. The first-order valence-electron chi connectivity index (χ1n) is 10.9. The van der Waals surface area contributed by atoms with Crippen LogP contribution in [-0.2, 0) is 0 Å². The van der Waals surface area contributed by atoms with Crippen LogP contribution in [0.1, 0.15) is 25.3 Å². The number of nitrogens with one attached hydrogen (secondary N) is 1. The Morgan fingerprint density at radius 1 is 0.625 bits per heavy atom. The summed E-state index contributed by atoms with van der Waals surface area (Å²) < 4.78 is 3.17. The molecule has 0 radical (unpaired) electrons. The summed E-state index contributed by atoms with van der Waals surface area (Å²) in [6.07, 6.45) is 0. The van der Waals surface area contributed by atoms with Crippen molar-refractivity contribution < 1.29 is 0 Å². The molecule has 3 N–H and O–H groups in total. The molecular formula is C29H26N2S. The zero-order valence-electron chi connectivity index (χ0n) is 18.3. The molecule has 0 saturated heterocycles. The summed E-state index contributed by atoms with van der Waals surface area (Å²) in [4.78, 5) is 0. The van der Waals surface area contributed by atoms with Crippen LogP contribution in [0.3, 0.4) is 0 Å². The predicted molar refractivity (Wildman–Crippen MR) is 143 cm³/mol. The molecule has 32 heavy (non-hydrogen) atoms. The lowest BCUT2D eigenvalue weighted by atomic mass is 9.84. The van der Waals surface area contributed by atoms with E-state index >= 15 is 0 Å². The largest absolute Gasteiger partial charge is 0.398 e. The SMILES string of the molecule is CC(C)c1c(-c2ccc3ccccc3c2N)cccc1-c1ccc2ccccc2c1NS. The average Bonchev–Trinajstić information content (AvgIpc) is 2.83. The molecular weight excluding hydrogens is 408 g/mol. The molecule has 2 nitrogen and oxygen atoms in total. The second-order valence-corrected chi connectivity index (χ2v) is 8.71. The maximum Gasteiger partial charge on any atom is 0.0596 e. The number of anilines is 2. The van der Waals surface area contributed by atoms with Gasteiger partial charge in [0.2, 0.25) is 0 Å². The van der Waals surface area contributed by atoms with Crippen molar-refractivity contribution in [1.29, 1.82) is 0 Å². The maximum absolute atomic E-state index is 6.71. The van der Waals surface area contributed by atoms with Gasteiger partial charge < -0.3 is 10.5 Å². The van der Waals surface area contributed by atoms with Crippen LogP contribution < -0.4 is 10.5 Å². The molecule has 5 aromatic rings. The summed E-state index contributed by atoms with van der Waals surface area (Å²) in [5, 5.41) is 4.60. The fraction of sp³-hybridized carbons (Fsp3) is 0.103. The normalized spacial score (nSPS) is 11.4. The van der Waals surface area contributed by atoms with Crippen molar-refractivity contribution in [3.63, 3.8) is 0 Å². The van der Waals surface area contributed by atoms with Crippen molar-refractivity contribution in [3.05, 3.63) is 96.6 Å². The molecule has 0 unspecified atom stereocenters. The van der Waals surface area contributed by atoms with Gasteiger partial charge in [-0.1, -0.05) is 118 Å². The number of nitrogens with two attached hydrogens (primary N) is 1. The third-order valence-electron chi connectivity index (χ3n) is 6.28. The number of hydrogen-bond acceptors (Lipinski definition) is 3. The lowest BCUT2D eigenvalue weighted by Gasteiger charge is -2.22. The third kappa shape index (κ3) is 3.30. The van der Waals surface area contributed by atoms with E-state index in [0.29, 0.717) is 5.92 Å². The predicted octanol–water partition coefficient (Wildman–Crippen LogP) is 8.29. The Labute approximate surface area is 194 Å². The molecule has 158 valence electrons. The van der Waals surface area contributed by atoms with Crippen LogP contribution in [0.2, 0.25) is 0 Å². The van der Waals surface area contributed by atoms with Gasteiger partial charge in [-0.15, -0.1) is 0 Å². The van der Waals surface area contributed by atoms with Crippen molar-refractivity contribution in [2.45, 2.75) is 19.8 Å². The second-order valence-electron chi connectivity index (χ2n) is 8.49. The summed E-state index contributed by atoms with van der Waals surface area (Å²) in [7, 11) is 0. The minimum Gasteiger partial charge on any atom is -0.398 e. The van der Waals surface area contributed by atoms with Crippen molar-refractivity contribution in [2.75, 3.05) is 10.5 Å². The zero-order chi connectivity index (χ0) is 22.2. The Kier molecular flexibility index (Phi) is 5.28. The number of benzene rings is 5. The summed E-state index contributed by atoms with van der Waals surface area (Å²) in [5.74, 6) is 0.311. The summed E-state index contributed by atoms with van der Waals surface area (Å²) in [6.45, 7) is 4.49. The lowest BCUT2D eigenvalue weighted by molar-refractivity contribution is 0.871. The van der Waals surface area contributed by atoms with E-state index < -0.39 is 0 Å². The third-order valence-corrected chi connectivity index (χ3v) is 6.50. The smallest absolute Gasteiger partial charge is 0.0596 e. The highest BCUT2D eigenvalue weighted by Crippen LogP contribution is 2.44. The molecule has 0 saturated carbocycles. The minimum atomic E-state index is 0.311. The summed E-state index contributed by atoms with van der Waals surface area (Å²) >= 11 is 4.47. The quantitative estimate of drug-likeness (QED) is 0.197. The number of fused-ring (bicyclic) bond motifs is 2. The lowest BCUT2D eigenvalue weighted by Crippen LogP contribution is -2.01. The van der Waals surface area contributed by atoms with E-state index in [0.717, 1.165) is 38.7 Å². The first-order valence-corrected chi connectivity index (χ1v) is 11.4.